The van der Waals surface area contributed by atoms with Gasteiger partial charge in [0.1, 0.15) is 5.76 Å². The number of rotatable bonds is 13. The topological polar surface area (TPSA) is 27.7 Å². The third-order valence-electron chi connectivity index (χ3n) is 4.79. The van der Waals surface area contributed by atoms with Crippen molar-refractivity contribution in [3.8, 4) is 0 Å². The first-order valence-corrected chi connectivity index (χ1v) is 10.0. The van der Waals surface area contributed by atoms with Crippen LogP contribution in [0.4, 0.5) is 8.78 Å². The molecule has 0 bridgehead atoms. The fraction of sp³-hybridized carbons (Fsp3) is 0.500. The highest BCUT2D eigenvalue weighted by atomic mass is 19.2. The van der Waals surface area contributed by atoms with Crippen LogP contribution in [0.3, 0.4) is 0 Å². The number of benzene rings is 1. The van der Waals surface area contributed by atoms with Crippen molar-refractivity contribution in [2.75, 3.05) is 13.7 Å². The van der Waals surface area contributed by atoms with E-state index in [0.29, 0.717) is 18.6 Å². The molecule has 0 heterocycles. The van der Waals surface area contributed by atoms with Crippen molar-refractivity contribution in [1.82, 2.24) is 0 Å². The lowest BCUT2D eigenvalue weighted by Crippen LogP contribution is -2.18. The van der Waals surface area contributed by atoms with Gasteiger partial charge in [0, 0.05) is 5.92 Å². The molecule has 0 saturated carbocycles. The van der Waals surface area contributed by atoms with Gasteiger partial charge in [-0.2, -0.15) is 0 Å². The maximum absolute atomic E-state index is 14.4. The molecule has 29 heavy (non-hydrogen) atoms. The second-order valence-corrected chi connectivity index (χ2v) is 7.02. The third-order valence-corrected chi connectivity index (χ3v) is 4.79. The van der Waals surface area contributed by atoms with Gasteiger partial charge in [0.25, 0.3) is 0 Å². The monoisotopic (exact) mass is 408 g/mol. The van der Waals surface area contributed by atoms with Crippen LogP contribution in [0.15, 0.2) is 59.9 Å². The highest BCUT2D eigenvalue weighted by molar-refractivity contribution is 5.28. The van der Waals surface area contributed by atoms with Crippen LogP contribution in [0, 0.1) is 5.92 Å². The van der Waals surface area contributed by atoms with Crippen molar-refractivity contribution in [3.05, 3.63) is 71.0 Å². The quantitative estimate of drug-likeness (QED) is 0.155. The van der Waals surface area contributed by atoms with Crippen molar-refractivity contribution in [3.63, 3.8) is 0 Å². The predicted molar refractivity (Wildman–Crippen MR) is 114 cm³/mol. The normalized spacial score (nSPS) is 15.3. The largest absolute Gasteiger partial charge is 0.498 e. The Hall–Kier alpha value is -1.98. The van der Waals surface area contributed by atoms with Gasteiger partial charge in [0.2, 0.25) is 0 Å². The van der Waals surface area contributed by atoms with E-state index in [-0.39, 0.29) is 18.3 Å². The molecule has 3 nitrogen and oxygen atoms in total. The highest BCUT2D eigenvalue weighted by Gasteiger charge is 2.19. The molecule has 0 aliphatic heterocycles. The molecular formula is C24H34F2O3. The first kappa shape index (κ1) is 25.1. The van der Waals surface area contributed by atoms with Gasteiger partial charge < -0.3 is 14.2 Å². The van der Waals surface area contributed by atoms with Gasteiger partial charge in [-0.3, -0.25) is 0 Å². The lowest BCUT2D eigenvalue weighted by atomic mass is 9.98. The molecule has 5 heteroatoms. The van der Waals surface area contributed by atoms with Gasteiger partial charge in [0.15, 0.2) is 17.9 Å². The van der Waals surface area contributed by atoms with Gasteiger partial charge in [-0.15, -0.1) is 6.58 Å². The number of ether oxygens (including phenoxy) is 3. The lowest BCUT2D eigenvalue weighted by Gasteiger charge is -2.20. The molecule has 0 aromatic heterocycles. The van der Waals surface area contributed by atoms with Crippen LogP contribution in [0.1, 0.15) is 51.7 Å². The zero-order valence-electron chi connectivity index (χ0n) is 18.3. The van der Waals surface area contributed by atoms with E-state index in [2.05, 4.69) is 18.7 Å². The number of aryl methyl sites for hydroxylation is 1. The van der Waals surface area contributed by atoms with E-state index in [1.54, 1.807) is 13.8 Å². The summed E-state index contributed by atoms with van der Waals surface area (Å²) in [7, 11) is 1.31. The third kappa shape index (κ3) is 8.50. The molecule has 0 saturated heterocycles. The summed E-state index contributed by atoms with van der Waals surface area (Å²) in [5.74, 6) is -2.19. The summed E-state index contributed by atoms with van der Waals surface area (Å²) in [6.45, 7) is 11.2. The maximum atomic E-state index is 14.4. The van der Waals surface area contributed by atoms with E-state index in [1.165, 1.54) is 19.6 Å². The van der Waals surface area contributed by atoms with E-state index >= 15 is 0 Å². The molecule has 1 aromatic carbocycles. The molecule has 0 N–H and O–H groups in total. The Labute approximate surface area is 174 Å². The van der Waals surface area contributed by atoms with Crippen LogP contribution in [-0.4, -0.2) is 20.0 Å². The van der Waals surface area contributed by atoms with E-state index in [4.69, 9.17) is 14.2 Å². The van der Waals surface area contributed by atoms with Gasteiger partial charge in [-0.1, -0.05) is 44.2 Å². The van der Waals surface area contributed by atoms with Crippen LogP contribution in [-0.2, 0) is 27.2 Å². The zero-order valence-corrected chi connectivity index (χ0v) is 18.3. The molecule has 1 aromatic rings. The minimum Gasteiger partial charge on any atom is -0.498 e. The summed E-state index contributed by atoms with van der Waals surface area (Å²) < 4.78 is 44.7. The average Bonchev–Trinajstić information content (AvgIpc) is 2.74. The van der Waals surface area contributed by atoms with Gasteiger partial charge in [0.05, 0.1) is 20.3 Å². The van der Waals surface area contributed by atoms with E-state index < -0.39 is 17.9 Å². The van der Waals surface area contributed by atoms with Crippen LogP contribution in [0.2, 0.25) is 0 Å². The summed E-state index contributed by atoms with van der Waals surface area (Å²) >= 11 is 0. The predicted octanol–water partition coefficient (Wildman–Crippen LogP) is 6.80. The summed E-state index contributed by atoms with van der Waals surface area (Å²) in [4.78, 5) is 0. The number of methoxy groups -OCH3 is 1. The standard InChI is InChI=1S/C24H34F2O3/c1-7-9-10-20-11-13-21(14-12-20)16-29-19(5)28-15-17(3)22(8-2)24(26)23(25)18(4)27-6/h7,11-14,17,19H,1,8-10,15-16H2,2-6H3/b23-18-,24-22-. The van der Waals surface area contributed by atoms with Crippen LogP contribution in [0.25, 0.3) is 0 Å². The Morgan fingerprint density at radius 2 is 1.69 bits per heavy atom. The molecule has 0 fully saturated rings. The SMILES string of the molecule is C=CCCc1ccc(COC(C)OCC(C)/C(CC)=C(F)/C(F)=C(\C)OC)cc1. The number of halogens is 2. The fourth-order valence-corrected chi connectivity index (χ4v) is 2.82. The molecule has 1 rings (SSSR count). The van der Waals surface area contributed by atoms with Gasteiger partial charge >= 0.3 is 0 Å². The molecule has 2 atom stereocenters. The van der Waals surface area contributed by atoms with E-state index in [9.17, 15) is 8.78 Å². The molecule has 0 aliphatic carbocycles. The molecule has 2 unspecified atom stereocenters. The Morgan fingerprint density at radius 1 is 1.07 bits per heavy atom. The Bertz CT molecular complexity index is 693. The average molecular weight is 409 g/mol. The van der Waals surface area contributed by atoms with Crippen molar-refractivity contribution in [2.45, 2.75) is 59.9 Å². The van der Waals surface area contributed by atoms with Crippen molar-refractivity contribution < 1.29 is 23.0 Å². The Morgan fingerprint density at radius 3 is 2.24 bits per heavy atom. The Kier molecular flexibility index (Phi) is 11.5. The molecule has 0 amide bonds. The number of allylic oxidation sites excluding steroid dienone is 4. The van der Waals surface area contributed by atoms with E-state index in [1.807, 2.05) is 25.1 Å². The van der Waals surface area contributed by atoms with Crippen LogP contribution >= 0.6 is 0 Å². The summed E-state index contributed by atoms with van der Waals surface area (Å²) in [5.41, 5.74) is 2.68. The summed E-state index contributed by atoms with van der Waals surface area (Å²) in [6.07, 6.45) is 3.77. The highest BCUT2D eigenvalue weighted by Crippen LogP contribution is 2.28. The van der Waals surface area contributed by atoms with Gasteiger partial charge in [-0.05, 0) is 49.8 Å². The molecule has 0 spiro atoms. The lowest BCUT2D eigenvalue weighted by molar-refractivity contribution is -0.142. The minimum absolute atomic E-state index is 0.0752. The number of hydrogen-bond acceptors (Lipinski definition) is 3. The van der Waals surface area contributed by atoms with Gasteiger partial charge in [-0.25, -0.2) is 8.78 Å². The van der Waals surface area contributed by atoms with Crippen molar-refractivity contribution >= 4 is 0 Å². The Balaban J connectivity index is 2.56. The smallest absolute Gasteiger partial charge is 0.195 e. The summed E-state index contributed by atoms with van der Waals surface area (Å²) in [5, 5.41) is 0. The molecule has 0 aliphatic rings. The molecular weight excluding hydrogens is 374 g/mol. The second kappa shape index (κ2) is 13.3. The maximum Gasteiger partial charge on any atom is 0.195 e. The molecule has 162 valence electrons. The minimum atomic E-state index is -0.961. The van der Waals surface area contributed by atoms with Crippen molar-refractivity contribution in [1.29, 1.82) is 0 Å². The fourth-order valence-electron chi connectivity index (χ4n) is 2.82. The first-order valence-electron chi connectivity index (χ1n) is 10.0. The zero-order chi connectivity index (χ0) is 21.8. The van der Waals surface area contributed by atoms with E-state index in [0.717, 1.165) is 18.4 Å². The first-order chi connectivity index (χ1) is 13.8. The second-order valence-electron chi connectivity index (χ2n) is 7.02. The number of hydrogen-bond donors (Lipinski definition) is 0. The van der Waals surface area contributed by atoms with Crippen molar-refractivity contribution in [2.24, 2.45) is 5.92 Å². The summed E-state index contributed by atoms with van der Waals surface area (Å²) in [6, 6.07) is 8.24. The molecule has 0 radical (unpaired) electrons. The van der Waals surface area contributed by atoms with Crippen LogP contribution in [0.5, 0.6) is 0 Å². The van der Waals surface area contributed by atoms with Crippen LogP contribution < -0.4 is 0 Å².